The van der Waals surface area contributed by atoms with E-state index in [2.05, 4.69) is 15.4 Å². The first-order valence-electron chi connectivity index (χ1n) is 11.2. The molecule has 11 heteroatoms. The second kappa shape index (κ2) is 10.6. The fourth-order valence-electron chi connectivity index (χ4n) is 3.82. The largest absolute Gasteiger partial charge is 0.417 e. The number of carbonyl (C=O) groups excluding carboxylic acids is 1. The molecular formula is C24H27F3N4O3S. The van der Waals surface area contributed by atoms with E-state index in [-0.39, 0.29) is 18.0 Å². The first kappa shape index (κ1) is 26.3. The van der Waals surface area contributed by atoms with Crippen LogP contribution in [0.25, 0.3) is 0 Å². The van der Waals surface area contributed by atoms with E-state index >= 15 is 0 Å². The van der Waals surface area contributed by atoms with E-state index in [4.69, 9.17) is 5.26 Å². The summed E-state index contributed by atoms with van der Waals surface area (Å²) in [6, 6.07) is 11.2. The van der Waals surface area contributed by atoms with Gasteiger partial charge >= 0.3 is 6.18 Å². The smallest absolute Gasteiger partial charge is 0.382 e. The van der Waals surface area contributed by atoms with E-state index in [9.17, 15) is 26.4 Å². The zero-order chi connectivity index (χ0) is 25.8. The van der Waals surface area contributed by atoms with Crippen LogP contribution >= 0.6 is 0 Å². The SMILES string of the molecule is CC(C)S(=O)(=O)Nc1ccc(C(=O)N[C@H]2CC[C@@H](Nc3ccc(C#N)c(C(F)(F)F)c3)CC2)cc1. The molecule has 0 aliphatic heterocycles. The molecule has 0 unspecified atom stereocenters. The van der Waals surface area contributed by atoms with Crippen LogP contribution in [0.4, 0.5) is 24.5 Å². The van der Waals surface area contributed by atoms with Gasteiger partial charge in [0, 0.05) is 29.0 Å². The van der Waals surface area contributed by atoms with Crippen LogP contribution in [0.5, 0.6) is 0 Å². The number of nitrogens with one attached hydrogen (secondary N) is 3. The van der Waals surface area contributed by atoms with E-state index < -0.39 is 32.6 Å². The van der Waals surface area contributed by atoms with Crippen molar-refractivity contribution in [2.45, 2.75) is 63.0 Å². The number of alkyl halides is 3. The van der Waals surface area contributed by atoms with Crippen molar-refractivity contribution in [1.82, 2.24) is 5.32 Å². The normalized spacial score (nSPS) is 18.5. The maximum absolute atomic E-state index is 13.2. The van der Waals surface area contributed by atoms with Gasteiger partial charge in [-0.25, -0.2) is 8.42 Å². The van der Waals surface area contributed by atoms with Gasteiger partial charge < -0.3 is 10.6 Å². The Bertz CT molecular complexity index is 1200. The Morgan fingerprint density at radius 2 is 1.57 bits per heavy atom. The standard InChI is InChI=1S/C24H27F3N4O3S/c1-15(2)35(33,34)31-20-6-3-16(4-7-20)23(32)30-19-11-9-18(10-12-19)29-21-8-5-17(14-28)22(13-21)24(25,26)27/h3-8,13,15,18-19,29,31H,9-12H2,1-2H3,(H,30,32)/t18-,19+. The third kappa shape index (κ3) is 6.88. The fourth-order valence-corrected chi connectivity index (χ4v) is 4.52. The molecule has 1 saturated carbocycles. The highest BCUT2D eigenvalue weighted by molar-refractivity contribution is 7.93. The molecule has 3 N–H and O–H groups in total. The minimum atomic E-state index is -4.61. The summed E-state index contributed by atoms with van der Waals surface area (Å²) in [7, 11) is -3.47. The first-order chi connectivity index (χ1) is 16.4. The number of anilines is 2. The molecule has 0 heterocycles. The van der Waals surface area contributed by atoms with Crippen molar-refractivity contribution in [2.24, 2.45) is 0 Å². The van der Waals surface area contributed by atoms with Crippen LogP contribution in [0.15, 0.2) is 42.5 Å². The average molecular weight is 509 g/mol. The highest BCUT2D eigenvalue weighted by Crippen LogP contribution is 2.34. The van der Waals surface area contributed by atoms with Gasteiger partial charge in [-0.3, -0.25) is 9.52 Å². The lowest BCUT2D eigenvalue weighted by molar-refractivity contribution is -0.137. The van der Waals surface area contributed by atoms with Crippen LogP contribution in [0.3, 0.4) is 0 Å². The molecule has 7 nitrogen and oxygen atoms in total. The molecular weight excluding hydrogens is 481 g/mol. The van der Waals surface area contributed by atoms with E-state index in [0.717, 1.165) is 12.1 Å². The summed E-state index contributed by atoms with van der Waals surface area (Å²) >= 11 is 0. The molecule has 2 aromatic carbocycles. The van der Waals surface area contributed by atoms with Crippen LogP contribution in [0.2, 0.25) is 0 Å². The number of sulfonamides is 1. The van der Waals surface area contributed by atoms with Gasteiger partial charge in [0.2, 0.25) is 10.0 Å². The Labute approximate surface area is 202 Å². The minimum absolute atomic E-state index is 0.0505. The van der Waals surface area contributed by atoms with Gasteiger partial charge in [-0.15, -0.1) is 0 Å². The molecule has 0 radical (unpaired) electrons. The molecule has 3 rings (SSSR count). The number of nitrogens with zero attached hydrogens (tertiary/aromatic N) is 1. The zero-order valence-electron chi connectivity index (χ0n) is 19.3. The average Bonchev–Trinajstić information content (AvgIpc) is 2.80. The molecule has 1 amide bonds. The molecule has 2 aromatic rings. The van der Waals surface area contributed by atoms with Crippen molar-refractivity contribution in [3.05, 3.63) is 59.2 Å². The van der Waals surface area contributed by atoms with E-state index in [1.54, 1.807) is 32.0 Å². The topological polar surface area (TPSA) is 111 Å². The number of hydrogen-bond acceptors (Lipinski definition) is 5. The summed E-state index contributed by atoms with van der Waals surface area (Å²) in [5, 5.41) is 14.4. The lowest BCUT2D eigenvalue weighted by atomic mass is 9.90. The Balaban J connectivity index is 1.53. The lowest BCUT2D eigenvalue weighted by Crippen LogP contribution is -2.40. The summed E-state index contributed by atoms with van der Waals surface area (Å²) in [6.45, 7) is 3.14. The second-order valence-corrected chi connectivity index (χ2v) is 11.0. The maximum atomic E-state index is 13.2. The van der Waals surface area contributed by atoms with Crippen LogP contribution in [-0.4, -0.2) is 31.7 Å². The van der Waals surface area contributed by atoms with Gasteiger partial charge in [-0.2, -0.15) is 18.4 Å². The molecule has 1 fully saturated rings. The van der Waals surface area contributed by atoms with E-state index in [0.29, 0.717) is 42.6 Å². The molecule has 1 aliphatic rings. The van der Waals surface area contributed by atoms with Gasteiger partial charge in [0.25, 0.3) is 5.91 Å². The highest BCUT2D eigenvalue weighted by Gasteiger charge is 2.34. The Morgan fingerprint density at radius 3 is 2.11 bits per heavy atom. The molecule has 0 bridgehead atoms. The summed E-state index contributed by atoms with van der Waals surface area (Å²) in [5.74, 6) is -0.276. The number of hydrogen-bond donors (Lipinski definition) is 3. The van der Waals surface area contributed by atoms with E-state index in [1.807, 2.05) is 0 Å². The monoisotopic (exact) mass is 508 g/mol. The Morgan fingerprint density at radius 1 is 1.00 bits per heavy atom. The third-order valence-corrected chi connectivity index (χ3v) is 7.67. The maximum Gasteiger partial charge on any atom is 0.417 e. The van der Waals surface area contributed by atoms with Crippen LogP contribution < -0.4 is 15.4 Å². The summed E-state index contributed by atoms with van der Waals surface area (Å²) in [6.07, 6.45) is -2.00. The number of halogens is 3. The fraction of sp³-hybridized carbons (Fsp3) is 0.417. The van der Waals surface area contributed by atoms with Crippen LogP contribution in [0.1, 0.15) is 61.0 Å². The van der Waals surface area contributed by atoms with E-state index in [1.165, 1.54) is 18.2 Å². The summed E-state index contributed by atoms with van der Waals surface area (Å²) in [4.78, 5) is 12.6. The number of carbonyl (C=O) groups is 1. The third-order valence-electron chi connectivity index (χ3n) is 5.91. The van der Waals surface area contributed by atoms with Crippen molar-refractivity contribution in [1.29, 1.82) is 5.26 Å². The van der Waals surface area contributed by atoms with Crippen molar-refractivity contribution in [2.75, 3.05) is 10.0 Å². The molecule has 188 valence electrons. The molecule has 0 aromatic heterocycles. The quantitative estimate of drug-likeness (QED) is 0.494. The van der Waals surface area contributed by atoms with Crippen LogP contribution in [-0.2, 0) is 16.2 Å². The molecule has 0 spiro atoms. The van der Waals surface area contributed by atoms with Gasteiger partial charge in [0.05, 0.1) is 22.4 Å². The van der Waals surface area contributed by atoms with Gasteiger partial charge in [-0.05, 0) is 82.0 Å². The second-order valence-electron chi connectivity index (χ2n) is 8.81. The zero-order valence-corrected chi connectivity index (χ0v) is 20.1. The van der Waals surface area contributed by atoms with Crippen molar-refractivity contribution in [3.63, 3.8) is 0 Å². The summed E-state index contributed by atoms with van der Waals surface area (Å²) < 4.78 is 65.9. The highest BCUT2D eigenvalue weighted by atomic mass is 32.2. The number of benzene rings is 2. The van der Waals surface area contributed by atoms with Crippen LogP contribution in [0, 0.1) is 11.3 Å². The van der Waals surface area contributed by atoms with Gasteiger partial charge in [0.15, 0.2) is 0 Å². The molecule has 35 heavy (non-hydrogen) atoms. The number of nitriles is 1. The number of amides is 1. The van der Waals surface area contributed by atoms with Crippen molar-refractivity contribution >= 4 is 27.3 Å². The molecule has 1 aliphatic carbocycles. The minimum Gasteiger partial charge on any atom is -0.382 e. The van der Waals surface area contributed by atoms with Gasteiger partial charge in [0.1, 0.15) is 0 Å². The molecule has 0 saturated heterocycles. The molecule has 0 atom stereocenters. The Hall–Kier alpha value is -3.26. The summed E-state index contributed by atoms with van der Waals surface area (Å²) in [5.41, 5.74) is -0.306. The van der Waals surface area contributed by atoms with Crippen molar-refractivity contribution in [3.8, 4) is 6.07 Å². The predicted octanol–water partition coefficient (Wildman–Crippen LogP) is 4.88. The Kier molecular flexibility index (Phi) is 7.95. The first-order valence-corrected chi connectivity index (χ1v) is 12.7. The van der Waals surface area contributed by atoms with Crippen molar-refractivity contribution < 1.29 is 26.4 Å². The predicted molar refractivity (Wildman–Crippen MR) is 127 cm³/mol. The van der Waals surface area contributed by atoms with Gasteiger partial charge in [-0.1, -0.05) is 0 Å². The lowest BCUT2D eigenvalue weighted by Gasteiger charge is -2.30. The number of rotatable bonds is 7.